The Morgan fingerprint density at radius 3 is 2.41 bits per heavy atom. The summed E-state index contributed by atoms with van der Waals surface area (Å²) in [6.45, 7) is 0.177. The van der Waals surface area contributed by atoms with Crippen LogP contribution >= 0.6 is 0 Å². The van der Waals surface area contributed by atoms with Crippen molar-refractivity contribution in [1.29, 1.82) is 5.26 Å². The molecule has 1 fully saturated rings. The van der Waals surface area contributed by atoms with E-state index in [0.29, 0.717) is 6.42 Å². The Bertz CT molecular complexity index is 413. The first-order valence-corrected chi connectivity index (χ1v) is 6.38. The Hall–Kier alpha value is -1.33. The molecule has 0 aromatic heterocycles. The van der Waals surface area contributed by atoms with Crippen LogP contribution in [0.25, 0.3) is 0 Å². The SMILES string of the molecule is N#CC1(Cc2ccccc2CCO)CCCC1. The molecule has 0 heterocycles. The first-order chi connectivity index (χ1) is 8.29. The number of nitrogens with zero attached hydrogens (tertiary/aromatic N) is 1. The summed E-state index contributed by atoms with van der Waals surface area (Å²) in [7, 11) is 0. The zero-order valence-corrected chi connectivity index (χ0v) is 10.2. The molecule has 2 heteroatoms. The van der Waals surface area contributed by atoms with Gasteiger partial charge in [0.2, 0.25) is 0 Å². The van der Waals surface area contributed by atoms with Crippen molar-refractivity contribution >= 4 is 0 Å². The van der Waals surface area contributed by atoms with Crippen LogP contribution in [0.4, 0.5) is 0 Å². The van der Waals surface area contributed by atoms with Crippen molar-refractivity contribution in [1.82, 2.24) is 0 Å². The highest BCUT2D eigenvalue weighted by Crippen LogP contribution is 2.40. The molecule has 2 nitrogen and oxygen atoms in total. The predicted octanol–water partition coefficient (Wildman–Crippen LogP) is 2.85. The normalized spacial score (nSPS) is 17.9. The Morgan fingerprint density at radius 1 is 1.18 bits per heavy atom. The van der Waals surface area contributed by atoms with Gasteiger partial charge in [-0.1, -0.05) is 37.1 Å². The molecule has 1 N–H and O–H groups in total. The third-order valence-corrected chi connectivity index (χ3v) is 3.83. The average Bonchev–Trinajstić information content (AvgIpc) is 2.81. The lowest BCUT2D eigenvalue weighted by atomic mass is 9.80. The molecule has 17 heavy (non-hydrogen) atoms. The van der Waals surface area contributed by atoms with Crippen LogP contribution in [0.2, 0.25) is 0 Å². The molecule has 1 saturated carbocycles. The molecule has 0 atom stereocenters. The zero-order chi connectivity index (χ0) is 12.1. The molecule has 0 unspecified atom stereocenters. The second-order valence-corrected chi connectivity index (χ2v) is 5.02. The summed E-state index contributed by atoms with van der Waals surface area (Å²) >= 11 is 0. The van der Waals surface area contributed by atoms with Crippen molar-refractivity contribution in [3.8, 4) is 6.07 Å². The summed E-state index contributed by atoms with van der Waals surface area (Å²) in [5, 5.41) is 18.5. The Morgan fingerprint density at radius 2 is 1.82 bits per heavy atom. The van der Waals surface area contributed by atoms with E-state index in [1.165, 1.54) is 24.0 Å². The minimum atomic E-state index is -0.147. The molecular formula is C15H19NO. The van der Waals surface area contributed by atoms with Crippen LogP contribution in [0.1, 0.15) is 36.8 Å². The zero-order valence-electron chi connectivity index (χ0n) is 10.2. The fourth-order valence-corrected chi connectivity index (χ4v) is 2.84. The van der Waals surface area contributed by atoms with Gasteiger partial charge in [-0.25, -0.2) is 0 Å². The third-order valence-electron chi connectivity index (χ3n) is 3.83. The van der Waals surface area contributed by atoms with Crippen molar-refractivity contribution in [3.63, 3.8) is 0 Å². The van der Waals surface area contributed by atoms with Crippen LogP contribution in [0.5, 0.6) is 0 Å². The summed E-state index contributed by atoms with van der Waals surface area (Å²) in [6.07, 6.45) is 5.94. The van der Waals surface area contributed by atoms with E-state index in [9.17, 15) is 5.26 Å². The van der Waals surface area contributed by atoms with E-state index >= 15 is 0 Å². The molecule has 90 valence electrons. The Labute approximate surface area is 103 Å². The van der Waals surface area contributed by atoms with E-state index in [-0.39, 0.29) is 12.0 Å². The molecule has 0 saturated heterocycles. The minimum absolute atomic E-state index is 0.147. The fraction of sp³-hybridized carbons (Fsp3) is 0.533. The number of aliphatic hydroxyl groups excluding tert-OH is 1. The van der Waals surface area contributed by atoms with Gasteiger partial charge in [0.25, 0.3) is 0 Å². The molecule has 2 rings (SSSR count). The number of hydrogen-bond donors (Lipinski definition) is 1. The largest absolute Gasteiger partial charge is 0.396 e. The Balaban J connectivity index is 2.20. The van der Waals surface area contributed by atoms with Gasteiger partial charge in [0.05, 0.1) is 11.5 Å². The van der Waals surface area contributed by atoms with Crippen LogP contribution < -0.4 is 0 Å². The molecule has 0 amide bonds. The lowest BCUT2D eigenvalue weighted by molar-refractivity contribution is 0.298. The van der Waals surface area contributed by atoms with Crippen LogP contribution in [0.15, 0.2) is 24.3 Å². The number of hydrogen-bond acceptors (Lipinski definition) is 2. The molecule has 0 spiro atoms. The molecule has 0 aliphatic heterocycles. The van der Waals surface area contributed by atoms with Crippen molar-refractivity contribution in [2.75, 3.05) is 6.61 Å². The maximum atomic E-state index is 9.40. The van der Waals surface area contributed by atoms with Crippen LogP contribution in [0.3, 0.4) is 0 Å². The van der Waals surface area contributed by atoms with Gasteiger partial charge in [-0.3, -0.25) is 0 Å². The molecule has 1 aliphatic rings. The highest BCUT2D eigenvalue weighted by atomic mass is 16.2. The van der Waals surface area contributed by atoms with Gasteiger partial charge in [0.1, 0.15) is 0 Å². The van der Waals surface area contributed by atoms with E-state index < -0.39 is 0 Å². The highest BCUT2D eigenvalue weighted by molar-refractivity contribution is 5.30. The van der Waals surface area contributed by atoms with Gasteiger partial charge >= 0.3 is 0 Å². The first kappa shape index (κ1) is 12.1. The molecule has 0 radical (unpaired) electrons. The van der Waals surface area contributed by atoms with Crippen LogP contribution in [-0.4, -0.2) is 11.7 Å². The number of rotatable bonds is 4. The second kappa shape index (κ2) is 5.33. The van der Waals surface area contributed by atoms with Crippen LogP contribution in [-0.2, 0) is 12.8 Å². The summed E-state index contributed by atoms with van der Waals surface area (Å²) in [5.74, 6) is 0. The van der Waals surface area contributed by atoms with E-state index in [0.717, 1.165) is 19.3 Å². The van der Waals surface area contributed by atoms with Gasteiger partial charge in [0, 0.05) is 6.61 Å². The van der Waals surface area contributed by atoms with E-state index in [1.54, 1.807) is 0 Å². The minimum Gasteiger partial charge on any atom is -0.396 e. The predicted molar refractivity (Wildman–Crippen MR) is 67.4 cm³/mol. The monoisotopic (exact) mass is 229 g/mol. The highest BCUT2D eigenvalue weighted by Gasteiger charge is 2.34. The smallest absolute Gasteiger partial charge is 0.0693 e. The van der Waals surface area contributed by atoms with E-state index in [1.807, 2.05) is 12.1 Å². The number of nitriles is 1. The Kier molecular flexibility index (Phi) is 3.81. The van der Waals surface area contributed by atoms with Crippen LogP contribution in [0, 0.1) is 16.7 Å². The first-order valence-electron chi connectivity index (χ1n) is 6.38. The van der Waals surface area contributed by atoms with Crippen molar-refractivity contribution in [2.45, 2.75) is 38.5 Å². The fourth-order valence-electron chi connectivity index (χ4n) is 2.84. The maximum absolute atomic E-state index is 9.40. The lowest BCUT2D eigenvalue weighted by Crippen LogP contribution is -2.18. The molecule has 1 aromatic carbocycles. The van der Waals surface area contributed by atoms with Crippen molar-refractivity contribution in [3.05, 3.63) is 35.4 Å². The second-order valence-electron chi connectivity index (χ2n) is 5.02. The summed E-state index contributed by atoms with van der Waals surface area (Å²) in [5.41, 5.74) is 2.28. The van der Waals surface area contributed by atoms with Gasteiger partial charge < -0.3 is 5.11 Å². The third kappa shape index (κ3) is 2.68. The van der Waals surface area contributed by atoms with Crippen molar-refractivity contribution in [2.24, 2.45) is 5.41 Å². The molecule has 1 aromatic rings. The topological polar surface area (TPSA) is 44.0 Å². The molecule has 0 bridgehead atoms. The van der Waals surface area contributed by atoms with Gasteiger partial charge in [-0.05, 0) is 36.8 Å². The number of aliphatic hydroxyl groups is 1. The summed E-state index contributed by atoms with van der Waals surface area (Å²) in [6, 6.07) is 10.7. The van der Waals surface area contributed by atoms with E-state index in [4.69, 9.17) is 5.11 Å². The molecular weight excluding hydrogens is 210 g/mol. The van der Waals surface area contributed by atoms with Gasteiger partial charge in [-0.2, -0.15) is 5.26 Å². The van der Waals surface area contributed by atoms with Gasteiger partial charge in [0.15, 0.2) is 0 Å². The maximum Gasteiger partial charge on any atom is 0.0693 e. The van der Waals surface area contributed by atoms with Gasteiger partial charge in [-0.15, -0.1) is 0 Å². The summed E-state index contributed by atoms with van der Waals surface area (Å²) < 4.78 is 0. The quantitative estimate of drug-likeness (QED) is 0.862. The average molecular weight is 229 g/mol. The molecule has 1 aliphatic carbocycles. The summed E-state index contributed by atoms with van der Waals surface area (Å²) in [4.78, 5) is 0. The van der Waals surface area contributed by atoms with E-state index in [2.05, 4.69) is 18.2 Å². The standard InChI is InChI=1S/C15H19NO/c16-12-15(8-3-4-9-15)11-14-6-2-1-5-13(14)7-10-17/h1-2,5-6,17H,3-4,7-11H2. The lowest BCUT2D eigenvalue weighted by Gasteiger charge is -2.21. The number of benzene rings is 1. The van der Waals surface area contributed by atoms with Crippen molar-refractivity contribution < 1.29 is 5.11 Å².